The van der Waals surface area contributed by atoms with E-state index in [9.17, 15) is 0 Å². The highest BCUT2D eigenvalue weighted by atomic mass is 127. The van der Waals surface area contributed by atoms with Crippen molar-refractivity contribution < 1.29 is 0 Å². The van der Waals surface area contributed by atoms with E-state index >= 15 is 0 Å². The summed E-state index contributed by atoms with van der Waals surface area (Å²) in [5.74, 6) is 1.39. The van der Waals surface area contributed by atoms with Gasteiger partial charge in [-0.2, -0.15) is 0 Å². The Balaban J connectivity index is 0.00000264. The number of rotatable bonds is 6. The van der Waals surface area contributed by atoms with Crippen molar-refractivity contribution in [2.45, 2.75) is 26.8 Å². The molecule has 2 N–H and O–H groups in total. The molecule has 2 rings (SSSR count). The third kappa shape index (κ3) is 6.87. The molecule has 2 aromatic rings. The van der Waals surface area contributed by atoms with Crippen LogP contribution in [0, 0.1) is 12.8 Å². The number of nitrogens with one attached hydrogen (secondary N) is 2. The van der Waals surface area contributed by atoms with Crippen LogP contribution in [0.5, 0.6) is 0 Å². The molecule has 0 amide bonds. The van der Waals surface area contributed by atoms with E-state index in [0.717, 1.165) is 24.6 Å². The van der Waals surface area contributed by atoms with E-state index < -0.39 is 0 Å². The third-order valence-electron chi connectivity index (χ3n) is 3.51. The van der Waals surface area contributed by atoms with Crippen LogP contribution in [0.25, 0.3) is 0 Å². The van der Waals surface area contributed by atoms with Crippen LogP contribution in [0.3, 0.4) is 0 Å². The van der Waals surface area contributed by atoms with Crippen LogP contribution in [0.2, 0.25) is 0 Å². The van der Waals surface area contributed by atoms with E-state index in [1.165, 1.54) is 10.4 Å². The number of pyridine rings is 1. The lowest BCUT2D eigenvalue weighted by molar-refractivity contribution is 0.561. The maximum absolute atomic E-state index is 4.39. The first kappa shape index (κ1) is 19.9. The highest BCUT2D eigenvalue weighted by Crippen LogP contribution is 2.13. The number of halogens is 1. The number of hydrogen-bond acceptors (Lipinski definition) is 3. The largest absolute Gasteiger partial charge is 0.356 e. The fourth-order valence-electron chi connectivity index (χ4n) is 2.21. The molecule has 0 bridgehead atoms. The van der Waals surface area contributed by atoms with Gasteiger partial charge >= 0.3 is 0 Å². The summed E-state index contributed by atoms with van der Waals surface area (Å²) in [6, 6.07) is 8.33. The predicted molar refractivity (Wildman–Crippen MR) is 110 cm³/mol. The minimum Gasteiger partial charge on any atom is -0.356 e. The minimum absolute atomic E-state index is 0. The van der Waals surface area contributed by atoms with E-state index in [2.05, 4.69) is 58.0 Å². The van der Waals surface area contributed by atoms with Gasteiger partial charge < -0.3 is 10.6 Å². The molecule has 0 spiro atoms. The SMILES string of the molecule is CN=C(NCc1ncccc1C)NCC(C)Cc1cccs1.I. The Kier molecular flexibility index (Phi) is 9.16. The molecule has 0 radical (unpaired) electrons. The summed E-state index contributed by atoms with van der Waals surface area (Å²) in [7, 11) is 1.80. The Morgan fingerprint density at radius 2 is 2.13 bits per heavy atom. The van der Waals surface area contributed by atoms with Crippen molar-refractivity contribution in [2.75, 3.05) is 13.6 Å². The lowest BCUT2D eigenvalue weighted by Crippen LogP contribution is -2.39. The molecule has 4 nitrogen and oxygen atoms in total. The van der Waals surface area contributed by atoms with Gasteiger partial charge in [-0.3, -0.25) is 9.98 Å². The average molecular weight is 444 g/mol. The van der Waals surface area contributed by atoms with E-state index in [4.69, 9.17) is 0 Å². The number of aromatic nitrogens is 1. The Labute approximate surface area is 159 Å². The zero-order valence-corrected chi connectivity index (χ0v) is 17.0. The summed E-state index contributed by atoms with van der Waals surface area (Å²) in [5.41, 5.74) is 2.24. The number of hydrogen-bond donors (Lipinski definition) is 2. The molecule has 1 atom stereocenters. The zero-order chi connectivity index (χ0) is 15.8. The molecule has 0 saturated heterocycles. The lowest BCUT2D eigenvalue weighted by Gasteiger charge is -2.16. The molecule has 0 fully saturated rings. The van der Waals surface area contributed by atoms with Gasteiger partial charge in [-0.05, 0) is 42.3 Å². The van der Waals surface area contributed by atoms with Gasteiger partial charge in [0.05, 0.1) is 12.2 Å². The highest BCUT2D eigenvalue weighted by Gasteiger charge is 2.06. The molecular formula is C17H25IN4S. The van der Waals surface area contributed by atoms with Crippen LogP contribution < -0.4 is 10.6 Å². The van der Waals surface area contributed by atoms with E-state index in [-0.39, 0.29) is 24.0 Å². The summed E-state index contributed by atoms with van der Waals surface area (Å²) in [5, 5.41) is 8.84. The van der Waals surface area contributed by atoms with Gasteiger partial charge in [0.25, 0.3) is 0 Å². The lowest BCUT2D eigenvalue weighted by atomic mass is 10.1. The van der Waals surface area contributed by atoms with E-state index in [0.29, 0.717) is 12.5 Å². The van der Waals surface area contributed by atoms with Crippen molar-refractivity contribution in [1.82, 2.24) is 15.6 Å². The first-order valence-corrected chi connectivity index (χ1v) is 8.44. The van der Waals surface area contributed by atoms with Crippen LogP contribution in [0.1, 0.15) is 23.1 Å². The van der Waals surface area contributed by atoms with Gasteiger partial charge in [0, 0.05) is 24.7 Å². The van der Waals surface area contributed by atoms with E-state index in [1.54, 1.807) is 7.05 Å². The fraction of sp³-hybridized carbons (Fsp3) is 0.412. The smallest absolute Gasteiger partial charge is 0.191 e. The molecule has 0 aromatic carbocycles. The molecule has 126 valence electrons. The molecule has 1 unspecified atom stereocenters. The molecule has 2 heterocycles. The monoisotopic (exact) mass is 444 g/mol. The van der Waals surface area contributed by atoms with Crippen molar-refractivity contribution in [3.63, 3.8) is 0 Å². The van der Waals surface area contributed by atoms with Crippen LogP contribution in [-0.4, -0.2) is 24.5 Å². The maximum Gasteiger partial charge on any atom is 0.191 e. The molecular weight excluding hydrogens is 419 g/mol. The van der Waals surface area contributed by atoms with Crippen LogP contribution in [0.15, 0.2) is 40.8 Å². The van der Waals surface area contributed by atoms with Crippen LogP contribution in [-0.2, 0) is 13.0 Å². The van der Waals surface area contributed by atoms with Crippen molar-refractivity contribution in [1.29, 1.82) is 0 Å². The Morgan fingerprint density at radius 1 is 1.30 bits per heavy atom. The molecule has 23 heavy (non-hydrogen) atoms. The average Bonchev–Trinajstić information content (AvgIpc) is 3.02. The van der Waals surface area contributed by atoms with Crippen molar-refractivity contribution in [3.8, 4) is 0 Å². The molecule has 0 aliphatic heterocycles. The van der Waals surface area contributed by atoms with Gasteiger partial charge in [0.1, 0.15) is 0 Å². The van der Waals surface area contributed by atoms with Crippen molar-refractivity contribution in [2.24, 2.45) is 10.9 Å². The van der Waals surface area contributed by atoms with Crippen molar-refractivity contribution >= 4 is 41.3 Å². The Hall–Kier alpha value is -1.15. The summed E-state index contributed by atoms with van der Waals surface area (Å²) in [6.07, 6.45) is 2.92. The normalized spacial score (nSPS) is 12.4. The first-order chi connectivity index (χ1) is 10.7. The first-order valence-electron chi connectivity index (χ1n) is 7.56. The topological polar surface area (TPSA) is 49.3 Å². The predicted octanol–water partition coefficient (Wildman–Crippen LogP) is 3.61. The van der Waals surface area contributed by atoms with Gasteiger partial charge in [0.2, 0.25) is 0 Å². The second-order valence-corrected chi connectivity index (χ2v) is 6.49. The summed E-state index contributed by atoms with van der Waals surface area (Å²) in [4.78, 5) is 10.1. The second kappa shape index (κ2) is 10.6. The molecule has 6 heteroatoms. The number of aliphatic imine (C=N–C) groups is 1. The van der Waals surface area contributed by atoms with E-state index in [1.807, 2.05) is 23.6 Å². The zero-order valence-electron chi connectivity index (χ0n) is 13.9. The maximum atomic E-state index is 4.39. The highest BCUT2D eigenvalue weighted by molar-refractivity contribution is 14.0. The van der Waals surface area contributed by atoms with Crippen LogP contribution >= 0.6 is 35.3 Å². The van der Waals surface area contributed by atoms with Crippen molar-refractivity contribution in [3.05, 3.63) is 52.0 Å². The fourth-order valence-corrected chi connectivity index (χ4v) is 3.08. The number of guanidine groups is 1. The quantitative estimate of drug-likeness (QED) is 0.407. The number of thiophene rings is 1. The molecule has 2 aromatic heterocycles. The van der Waals surface area contributed by atoms with Gasteiger partial charge in [-0.1, -0.05) is 19.1 Å². The number of nitrogens with zero attached hydrogens (tertiary/aromatic N) is 2. The molecule has 0 saturated carbocycles. The van der Waals surface area contributed by atoms with Gasteiger partial charge in [-0.15, -0.1) is 35.3 Å². The standard InChI is InChI=1S/C17H24N4S.HI/c1-13(10-15-7-5-9-22-15)11-20-17(18-3)21-12-16-14(2)6-4-8-19-16;/h4-9,13H,10-12H2,1-3H3,(H2,18,20,21);1H. The van der Waals surface area contributed by atoms with Gasteiger partial charge in [-0.25, -0.2) is 0 Å². The number of aryl methyl sites for hydroxylation is 1. The Morgan fingerprint density at radius 3 is 2.78 bits per heavy atom. The van der Waals surface area contributed by atoms with Gasteiger partial charge in [0.15, 0.2) is 5.96 Å². The van der Waals surface area contributed by atoms with Crippen LogP contribution in [0.4, 0.5) is 0 Å². The third-order valence-corrected chi connectivity index (χ3v) is 4.41. The second-order valence-electron chi connectivity index (χ2n) is 5.46. The summed E-state index contributed by atoms with van der Waals surface area (Å²) >= 11 is 1.82. The Bertz CT molecular complexity index is 598. The molecule has 0 aliphatic carbocycles. The minimum atomic E-state index is 0. The molecule has 0 aliphatic rings. The summed E-state index contributed by atoms with van der Waals surface area (Å²) < 4.78 is 0. The summed E-state index contributed by atoms with van der Waals surface area (Å²) in [6.45, 7) is 5.91.